The molecular formula is C20H18BrN3O2. The minimum absolute atomic E-state index is 0.153. The summed E-state index contributed by atoms with van der Waals surface area (Å²) in [7, 11) is 1.85. The average Bonchev–Trinajstić information content (AvgIpc) is 3.41. The fourth-order valence-electron chi connectivity index (χ4n) is 3.06. The molecule has 0 aliphatic heterocycles. The molecule has 1 aliphatic rings. The number of aryl methyl sites for hydroxylation is 1. The molecule has 3 aromatic rings. The highest BCUT2D eigenvalue weighted by Crippen LogP contribution is 2.31. The molecule has 6 heteroatoms. The van der Waals surface area contributed by atoms with Crippen LogP contribution in [0.1, 0.15) is 33.7 Å². The number of aromatic nitrogens is 1. The molecule has 0 radical (unpaired) electrons. The van der Waals surface area contributed by atoms with E-state index in [0.29, 0.717) is 16.9 Å². The van der Waals surface area contributed by atoms with E-state index in [2.05, 4.69) is 26.6 Å². The van der Waals surface area contributed by atoms with Crippen molar-refractivity contribution in [2.75, 3.05) is 5.32 Å². The minimum Gasteiger partial charge on any atom is -0.349 e. The van der Waals surface area contributed by atoms with Gasteiger partial charge in [-0.2, -0.15) is 0 Å². The zero-order chi connectivity index (χ0) is 18.3. The van der Waals surface area contributed by atoms with Gasteiger partial charge in [0.15, 0.2) is 0 Å². The van der Waals surface area contributed by atoms with Crippen molar-refractivity contribution in [3.63, 3.8) is 0 Å². The van der Waals surface area contributed by atoms with E-state index in [4.69, 9.17) is 0 Å². The number of hydrogen-bond acceptors (Lipinski definition) is 2. The monoisotopic (exact) mass is 411 g/mol. The number of halogens is 1. The maximum atomic E-state index is 12.9. The van der Waals surface area contributed by atoms with E-state index >= 15 is 0 Å². The number of carbonyl (C=O) groups is 2. The molecule has 2 aromatic carbocycles. The summed E-state index contributed by atoms with van der Waals surface area (Å²) < 4.78 is 2.59. The molecule has 1 aromatic heterocycles. The third-order valence-corrected chi connectivity index (χ3v) is 5.40. The molecule has 1 saturated carbocycles. The van der Waals surface area contributed by atoms with E-state index < -0.39 is 0 Å². The van der Waals surface area contributed by atoms with Gasteiger partial charge in [-0.25, -0.2) is 0 Å². The molecule has 1 aliphatic carbocycles. The van der Waals surface area contributed by atoms with Crippen molar-refractivity contribution in [3.8, 4) is 0 Å². The van der Waals surface area contributed by atoms with Crippen LogP contribution in [0.5, 0.6) is 0 Å². The van der Waals surface area contributed by atoms with E-state index in [-0.39, 0.29) is 17.9 Å². The number of fused-ring (bicyclic) bond motifs is 1. The number of carbonyl (C=O) groups excluding carboxylic acids is 2. The summed E-state index contributed by atoms with van der Waals surface area (Å²) in [5.74, 6) is -0.415. The number of anilines is 1. The van der Waals surface area contributed by atoms with Crippen LogP contribution in [-0.4, -0.2) is 22.4 Å². The fourth-order valence-corrected chi connectivity index (χ4v) is 3.84. The minimum atomic E-state index is -0.262. The first-order chi connectivity index (χ1) is 12.6. The highest BCUT2D eigenvalue weighted by Gasteiger charge is 2.26. The Morgan fingerprint density at radius 2 is 1.73 bits per heavy atom. The van der Waals surface area contributed by atoms with Crippen molar-refractivity contribution in [2.45, 2.75) is 18.9 Å². The lowest BCUT2D eigenvalue weighted by atomic mass is 10.1. The summed E-state index contributed by atoms with van der Waals surface area (Å²) >= 11 is 3.54. The van der Waals surface area contributed by atoms with Crippen LogP contribution in [0.25, 0.3) is 10.9 Å². The maximum Gasteiger partial charge on any atom is 0.273 e. The molecule has 1 heterocycles. The van der Waals surface area contributed by atoms with Crippen LogP contribution in [0, 0.1) is 0 Å². The predicted molar refractivity (Wildman–Crippen MR) is 106 cm³/mol. The van der Waals surface area contributed by atoms with Crippen LogP contribution >= 0.6 is 15.9 Å². The number of benzene rings is 2. The number of rotatable bonds is 4. The molecular weight excluding hydrogens is 394 g/mol. The van der Waals surface area contributed by atoms with Crippen LogP contribution in [0.4, 0.5) is 5.69 Å². The molecule has 0 saturated heterocycles. The van der Waals surface area contributed by atoms with E-state index in [0.717, 1.165) is 28.2 Å². The van der Waals surface area contributed by atoms with E-state index in [1.807, 2.05) is 35.9 Å². The first-order valence-corrected chi connectivity index (χ1v) is 9.29. The Kier molecular flexibility index (Phi) is 4.28. The van der Waals surface area contributed by atoms with Crippen LogP contribution < -0.4 is 10.6 Å². The van der Waals surface area contributed by atoms with Gasteiger partial charge in [0.05, 0.1) is 15.7 Å². The van der Waals surface area contributed by atoms with Gasteiger partial charge in [0.1, 0.15) is 5.69 Å². The quantitative estimate of drug-likeness (QED) is 0.678. The zero-order valence-electron chi connectivity index (χ0n) is 14.3. The van der Waals surface area contributed by atoms with Gasteiger partial charge in [-0.1, -0.05) is 30.3 Å². The molecule has 1 fully saturated rings. The molecule has 0 unspecified atom stereocenters. The zero-order valence-corrected chi connectivity index (χ0v) is 15.8. The van der Waals surface area contributed by atoms with Gasteiger partial charge in [0.2, 0.25) is 0 Å². The molecule has 5 nitrogen and oxygen atoms in total. The highest BCUT2D eigenvalue weighted by molar-refractivity contribution is 9.10. The molecule has 26 heavy (non-hydrogen) atoms. The summed E-state index contributed by atoms with van der Waals surface area (Å²) in [6.07, 6.45) is 2.03. The molecule has 0 spiro atoms. The molecule has 0 atom stereocenters. The standard InChI is InChI=1S/C20H18BrN3O2/c1-24-16-9-5-3-7-14(16)17(21)18(24)20(26)23-15-8-4-2-6-13(15)19(25)22-12-10-11-12/h2-9,12H,10-11H2,1H3,(H,22,25)(H,23,26). The van der Waals surface area contributed by atoms with Gasteiger partial charge in [-0.05, 0) is 47.0 Å². The largest absolute Gasteiger partial charge is 0.349 e. The van der Waals surface area contributed by atoms with Gasteiger partial charge in [0.25, 0.3) is 11.8 Å². The second kappa shape index (κ2) is 6.61. The van der Waals surface area contributed by atoms with Crippen molar-refractivity contribution in [3.05, 3.63) is 64.3 Å². The Bertz CT molecular complexity index is 982. The summed E-state index contributed by atoms with van der Waals surface area (Å²) in [5.41, 5.74) is 2.46. The molecule has 2 amide bonds. The van der Waals surface area contributed by atoms with Gasteiger partial charge in [-0.15, -0.1) is 0 Å². The smallest absolute Gasteiger partial charge is 0.273 e. The van der Waals surface area contributed by atoms with Crippen molar-refractivity contribution in [1.29, 1.82) is 0 Å². The van der Waals surface area contributed by atoms with Crippen LogP contribution in [0.3, 0.4) is 0 Å². The topological polar surface area (TPSA) is 63.1 Å². The van der Waals surface area contributed by atoms with Crippen molar-refractivity contribution < 1.29 is 9.59 Å². The Labute approximate surface area is 159 Å². The van der Waals surface area contributed by atoms with Crippen molar-refractivity contribution >= 4 is 44.3 Å². The van der Waals surface area contributed by atoms with Gasteiger partial charge >= 0.3 is 0 Å². The third kappa shape index (κ3) is 3.01. The number of amides is 2. The Morgan fingerprint density at radius 3 is 2.46 bits per heavy atom. The van der Waals surface area contributed by atoms with Gasteiger partial charge in [-0.3, -0.25) is 9.59 Å². The van der Waals surface area contributed by atoms with Crippen molar-refractivity contribution in [2.24, 2.45) is 7.05 Å². The fraction of sp³-hybridized carbons (Fsp3) is 0.200. The summed E-state index contributed by atoms with van der Waals surface area (Å²) in [4.78, 5) is 25.4. The Balaban J connectivity index is 1.66. The number of hydrogen-bond donors (Lipinski definition) is 2. The lowest BCUT2D eigenvalue weighted by molar-refractivity contribution is 0.0952. The first kappa shape index (κ1) is 16.8. The number of nitrogens with zero attached hydrogens (tertiary/aromatic N) is 1. The Hall–Kier alpha value is -2.60. The van der Waals surface area contributed by atoms with Crippen LogP contribution in [-0.2, 0) is 7.05 Å². The molecule has 2 N–H and O–H groups in total. The summed E-state index contributed by atoms with van der Waals surface area (Å²) in [6.45, 7) is 0. The normalized spacial score (nSPS) is 13.6. The highest BCUT2D eigenvalue weighted by atomic mass is 79.9. The van der Waals surface area contributed by atoms with Crippen LogP contribution in [0.15, 0.2) is 53.0 Å². The third-order valence-electron chi connectivity index (χ3n) is 4.59. The first-order valence-electron chi connectivity index (χ1n) is 8.50. The Morgan fingerprint density at radius 1 is 1.04 bits per heavy atom. The van der Waals surface area contributed by atoms with E-state index in [1.165, 1.54) is 0 Å². The molecule has 0 bridgehead atoms. The SMILES string of the molecule is Cn1c(C(=O)Nc2ccccc2C(=O)NC2CC2)c(Br)c2ccccc21. The van der Waals surface area contributed by atoms with Crippen LogP contribution in [0.2, 0.25) is 0 Å². The molecule has 4 rings (SSSR count). The lowest BCUT2D eigenvalue weighted by Gasteiger charge is -2.12. The van der Waals surface area contributed by atoms with Gasteiger partial charge in [0, 0.05) is 24.0 Å². The second-order valence-corrected chi connectivity index (χ2v) is 7.28. The maximum absolute atomic E-state index is 12.9. The van der Waals surface area contributed by atoms with E-state index in [9.17, 15) is 9.59 Å². The predicted octanol–water partition coefficient (Wildman–Crippen LogP) is 4.09. The summed E-state index contributed by atoms with van der Waals surface area (Å²) in [6, 6.07) is 15.1. The molecule has 132 valence electrons. The lowest BCUT2D eigenvalue weighted by Crippen LogP contribution is -2.27. The van der Waals surface area contributed by atoms with Crippen molar-refractivity contribution in [1.82, 2.24) is 9.88 Å². The average molecular weight is 412 g/mol. The van der Waals surface area contributed by atoms with Gasteiger partial charge < -0.3 is 15.2 Å². The number of nitrogens with one attached hydrogen (secondary N) is 2. The number of para-hydroxylation sites is 2. The van der Waals surface area contributed by atoms with E-state index in [1.54, 1.807) is 24.3 Å². The second-order valence-electron chi connectivity index (χ2n) is 6.49. The summed E-state index contributed by atoms with van der Waals surface area (Å²) in [5, 5.41) is 6.83.